The third-order valence-electron chi connectivity index (χ3n) is 4.08. The summed E-state index contributed by atoms with van der Waals surface area (Å²) in [5.74, 6) is -0.616. The number of alkyl halides is 3. The first kappa shape index (κ1) is 21.3. The molecule has 2 aromatic rings. The zero-order valence-corrected chi connectivity index (χ0v) is 15.7. The Hall–Kier alpha value is -3.03. The van der Waals surface area contributed by atoms with Crippen LogP contribution in [0.2, 0.25) is 0 Å². The number of rotatable bonds is 7. The average Bonchev–Trinajstić information content (AvgIpc) is 2.91. The summed E-state index contributed by atoms with van der Waals surface area (Å²) in [6.07, 6.45) is -1.71. The zero-order chi connectivity index (χ0) is 20.9. The molecule has 0 radical (unpaired) electrons. The maximum atomic E-state index is 12.6. The summed E-state index contributed by atoms with van der Waals surface area (Å²) in [6, 6.07) is 8.30. The van der Waals surface area contributed by atoms with Crippen LogP contribution in [0.1, 0.15) is 27.3 Å². The molecule has 0 aliphatic heterocycles. The molecule has 0 unspecified atom stereocenters. The number of aromatic nitrogens is 1. The Morgan fingerprint density at radius 3 is 2.36 bits per heavy atom. The summed E-state index contributed by atoms with van der Waals surface area (Å²) in [6.45, 7) is 1.18. The Balaban J connectivity index is 1.97. The monoisotopic (exact) mass is 395 g/mol. The second-order valence-electron chi connectivity index (χ2n) is 6.12. The van der Waals surface area contributed by atoms with Crippen LogP contribution in [-0.4, -0.2) is 36.2 Å². The highest BCUT2D eigenvalue weighted by Gasteiger charge is 2.30. The van der Waals surface area contributed by atoms with Crippen molar-refractivity contribution in [3.63, 3.8) is 0 Å². The van der Waals surface area contributed by atoms with Gasteiger partial charge in [-0.15, -0.1) is 0 Å². The Kier molecular flexibility index (Phi) is 6.66. The van der Waals surface area contributed by atoms with Crippen molar-refractivity contribution >= 4 is 17.8 Å². The molecule has 2 rings (SSSR count). The molecule has 1 aromatic heterocycles. The van der Waals surface area contributed by atoms with Crippen LogP contribution in [0.15, 0.2) is 36.4 Å². The standard InChI is InChI=1S/C20H20F3NO4/c1-13-10-17(14(2)24(13)12-20(21,22)23)18(25)11-28-19(26)9-6-15-4-7-16(27-3)8-5-15/h4-10H,11-12H2,1-3H3/b9-6+. The minimum Gasteiger partial charge on any atom is -0.497 e. The van der Waals surface area contributed by atoms with Crippen molar-refractivity contribution in [2.45, 2.75) is 26.6 Å². The van der Waals surface area contributed by atoms with Gasteiger partial charge < -0.3 is 14.0 Å². The minimum atomic E-state index is -4.40. The highest BCUT2D eigenvalue weighted by atomic mass is 19.4. The molecule has 5 nitrogen and oxygen atoms in total. The molecule has 0 amide bonds. The lowest BCUT2D eigenvalue weighted by Gasteiger charge is -2.12. The largest absolute Gasteiger partial charge is 0.497 e. The van der Waals surface area contributed by atoms with Gasteiger partial charge >= 0.3 is 12.1 Å². The number of ketones is 1. The second-order valence-corrected chi connectivity index (χ2v) is 6.12. The van der Waals surface area contributed by atoms with E-state index >= 15 is 0 Å². The molecule has 1 heterocycles. The number of methoxy groups -OCH3 is 1. The van der Waals surface area contributed by atoms with E-state index in [1.165, 1.54) is 32.1 Å². The molecule has 0 spiro atoms. The molecule has 150 valence electrons. The van der Waals surface area contributed by atoms with Crippen LogP contribution >= 0.6 is 0 Å². The number of hydrogen-bond donors (Lipinski definition) is 0. The topological polar surface area (TPSA) is 57.5 Å². The first-order chi connectivity index (χ1) is 13.1. The van der Waals surface area contributed by atoms with Gasteiger partial charge in [0.25, 0.3) is 0 Å². The van der Waals surface area contributed by atoms with Crippen LogP contribution < -0.4 is 4.74 Å². The Morgan fingerprint density at radius 1 is 1.14 bits per heavy atom. The van der Waals surface area contributed by atoms with Gasteiger partial charge in [0.05, 0.1) is 7.11 Å². The molecule has 28 heavy (non-hydrogen) atoms. The van der Waals surface area contributed by atoms with Gasteiger partial charge in [-0.05, 0) is 43.7 Å². The molecular weight excluding hydrogens is 375 g/mol. The Labute approximate surface area is 160 Å². The molecule has 0 atom stereocenters. The molecule has 0 saturated carbocycles. The number of esters is 1. The van der Waals surface area contributed by atoms with Crippen molar-refractivity contribution in [3.8, 4) is 5.75 Å². The van der Waals surface area contributed by atoms with E-state index < -0.39 is 31.1 Å². The predicted molar refractivity (Wildman–Crippen MR) is 97.3 cm³/mol. The average molecular weight is 395 g/mol. The van der Waals surface area contributed by atoms with E-state index in [2.05, 4.69) is 0 Å². The fourth-order valence-corrected chi connectivity index (χ4v) is 2.65. The number of halogens is 3. The lowest BCUT2D eigenvalue weighted by molar-refractivity contribution is -0.141. The van der Waals surface area contributed by atoms with Gasteiger partial charge in [-0.1, -0.05) is 12.1 Å². The van der Waals surface area contributed by atoms with E-state index in [4.69, 9.17) is 9.47 Å². The molecule has 0 N–H and O–H groups in total. The van der Waals surface area contributed by atoms with Gasteiger partial charge in [-0.2, -0.15) is 13.2 Å². The smallest absolute Gasteiger partial charge is 0.406 e. The molecule has 0 saturated heterocycles. The van der Waals surface area contributed by atoms with E-state index in [9.17, 15) is 22.8 Å². The van der Waals surface area contributed by atoms with Crippen molar-refractivity contribution < 1.29 is 32.2 Å². The number of nitrogens with zero attached hydrogens (tertiary/aromatic N) is 1. The van der Waals surface area contributed by atoms with Gasteiger partial charge in [0.2, 0.25) is 5.78 Å². The third-order valence-corrected chi connectivity index (χ3v) is 4.08. The van der Waals surface area contributed by atoms with Gasteiger partial charge in [0.1, 0.15) is 12.3 Å². The molecular formula is C20H20F3NO4. The number of ether oxygens (including phenoxy) is 2. The number of hydrogen-bond acceptors (Lipinski definition) is 4. The number of benzene rings is 1. The van der Waals surface area contributed by atoms with Crippen LogP contribution in [0.3, 0.4) is 0 Å². The predicted octanol–water partition coefficient (Wildman–Crippen LogP) is 4.12. The first-order valence-electron chi connectivity index (χ1n) is 8.36. The van der Waals surface area contributed by atoms with Crippen molar-refractivity contribution in [1.29, 1.82) is 0 Å². The number of Topliss-reactive ketones (excluding diaryl/α,β-unsaturated/α-hetero) is 1. The fourth-order valence-electron chi connectivity index (χ4n) is 2.65. The summed E-state index contributed by atoms with van der Waals surface area (Å²) >= 11 is 0. The number of carbonyl (C=O) groups excluding carboxylic acids is 2. The first-order valence-corrected chi connectivity index (χ1v) is 8.36. The third kappa shape index (κ3) is 5.73. The second kappa shape index (κ2) is 8.77. The summed E-state index contributed by atoms with van der Waals surface area (Å²) in [5, 5.41) is 0. The van der Waals surface area contributed by atoms with E-state index in [-0.39, 0.29) is 11.3 Å². The summed E-state index contributed by atoms with van der Waals surface area (Å²) in [4.78, 5) is 24.0. The Bertz CT molecular complexity index is 880. The molecule has 0 fully saturated rings. The SMILES string of the molecule is COc1ccc(/C=C/C(=O)OCC(=O)c2cc(C)n(CC(F)(F)F)c2C)cc1. The van der Waals surface area contributed by atoms with Crippen LogP contribution in [0, 0.1) is 13.8 Å². The minimum absolute atomic E-state index is 0.105. The molecule has 8 heteroatoms. The zero-order valence-electron chi connectivity index (χ0n) is 15.7. The van der Waals surface area contributed by atoms with Gasteiger partial charge in [0.15, 0.2) is 6.61 Å². The van der Waals surface area contributed by atoms with Crippen molar-refractivity contribution in [1.82, 2.24) is 4.57 Å². The summed E-state index contributed by atoms with van der Waals surface area (Å²) < 4.78 is 48.9. The van der Waals surface area contributed by atoms with Gasteiger partial charge in [0, 0.05) is 23.0 Å². The van der Waals surface area contributed by atoms with Crippen molar-refractivity contribution in [3.05, 3.63) is 58.9 Å². The summed E-state index contributed by atoms with van der Waals surface area (Å²) in [7, 11) is 1.54. The highest BCUT2D eigenvalue weighted by molar-refractivity contribution is 6.00. The van der Waals surface area contributed by atoms with Crippen LogP contribution in [0.4, 0.5) is 13.2 Å². The molecule has 0 bridgehead atoms. The lowest BCUT2D eigenvalue weighted by Crippen LogP contribution is -2.20. The quantitative estimate of drug-likeness (QED) is 0.402. The van der Waals surface area contributed by atoms with Crippen LogP contribution in [0.5, 0.6) is 5.75 Å². The number of carbonyl (C=O) groups is 2. The fraction of sp³-hybridized carbons (Fsp3) is 0.300. The van der Waals surface area contributed by atoms with Crippen molar-refractivity contribution in [2.24, 2.45) is 0 Å². The lowest BCUT2D eigenvalue weighted by atomic mass is 10.1. The van der Waals surface area contributed by atoms with E-state index in [1.807, 2.05) is 0 Å². The van der Waals surface area contributed by atoms with E-state index in [1.54, 1.807) is 31.4 Å². The van der Waals surface area contributed by atoms with Crippen LogP contribution in [-0.2, 0) is 16.1 Å². The van der Waals surface area contributed by atoms with Crippen LogP contribution in [0.25, 0.3) is 6.08 Å². The van der Waals surface area contributed by atoms with E-state index in [0.717, 1.165) is 10.1 Å². The maximum Gasteiger partial charge on any atom is 0.406 e. The normalized spacial score (nSPS) is 11.6. The summed E-state index contributed by atoms with van der Waals surface area (Å²) in [5.41, 5.74) is 1.34. The molecule has 1 aromatic carbocycles. The van der Waals surface area contributed by atoms with Gasteiger partial charge in [-0.3, -0.25) is 4.79 Å². The molecule has 0 aliphatic carbocycles. The van der Waals surface area contributed by atoms with Crippen molar-refractivity contribution in [2.75, 3.05) is 13.7 Å². The number of aryl methyl sites for hydroxylation is 1. The highest BCUT2D eigenvalue weighted by Crippen LogP contribution is 2.23. The van der Waals surface area contributed by atoms with E-state index in [0.29, 0.717) is 11.4 Å². The Morgan fingerprint density at radius 2 is 1.79 bits per heavy atom. The molecule has 0 aliphatic rings. The maximum absolute atomic E-state index is 12.6. The van der Waals surface area contributed by atoms with Gasteiger partial charge in [-0.25, -0.2) is 4.79 Å².